The Bertz CT molecular complexity index is 603. The predicted molar refractivity (Wildman–Crippen MR) is 97.0 cm³/mol. The van der Waals surface area contributed by atoms with Crippen LogP contribution in [0.3, 0.4) is 0 Å². The number of alkyl carbamates (subject to hydrolysis) is 1. The second-order valence-corrected chi connectivity index (χ2v) is 7.45. The molecule has 7 nitrogen and oxygen atoms in total. The molecule has 1 atom stereocenters. The van der Waals surface area contributed by atoms with E-state index in [1.54, 1.807) is 20.8 Å². The molecule has 1 fully saturated rings. The van der Waals surface area contributed by atoms with Gasteiger partial charge in [-0.15, -0.1) is 0 Å². The molecule has 1 amide bonds. The van der Waals surface area contributed by atoms with Crippen LogP contribution in [0.4, 0.5) is 4.79 Å². The quantitative estimate of drug-likeness (QED) is 0.803. The van der Waals surface area contributed by atoms with Gasteiger partial charge in [-0.05, 0) is 31.9 Å². The molecule has 0 aromatic heterocycles. The summed E-state index contributed by atoms with van der Waals surface area (Å²) in [6.45, 7) is 9.40. The van der Waals surface area contributed by atoms with Gasteiger partial charge >= 0.3 is 12.1 Å². The lowest BCUT2D eigenvalue weighted by molar-refractivity contribution is -0.139. The first-order chi connectivity index (χ1) is 12.2. The number of carbonyl (C=O) groups excluding carboxylic acids is 1. The van der Waals surface area contributed by atoms with E-state index < -0.39 is 23.7 Å². The van der Waals surface area contributed by atoms with Crippen molar-refractivity contribution in [2.45, 2.75) is 45.4 Å². The molecule has 1 aromatic carbocycles. The van der Waals surface area contributed by atoms with E-state index in [1.807, 2.05) is 24.3 Å². The maximum Gasteiger partial charge on any atom is 0.408 e. The third kappa shape index (κ3) is 7.01. The predicted octanol–water partition coefficient (Wildman–Crippen LogP) is 2.04. The van der Waals surface area contributed by atoms with Gasteiger partial charge in [-0.25, -0.2) is 9.59 Å². The van der Waals surface area contributed by atoms with Gasteiger partial charge in [0.15, 0.2) is 0 Å². The van der Waals surface area contributed by atoms with Gasteiger partial charge in [0.1, 0.15) is 11.6 Å². The number of benzene rings is 1. The smallest absolute Gasteiger partial charge is 0.408 e. The van der Waals surface area contributed by atoms with Gasteiger partial charge in [-0.2, -0.15) is 0 Å². The average molecular weight is 364 g/mol. The lowest BCUT2D eigenvalue weighted by Gasteiger charge is -2.26. The summed E-state index contributed by atoms with van der Waals surface area (Å²) in [5.74, 6) is -1.09. The van der Waals surface area contributed by atoms with Crippen LogP contribution in [-0.4, -0.2) is 60.0 Å². The Morgan fingerprint density at radius 2 is 1.77 bits per heavy atom. The molecule has 7 heteroatoms. The van der Waals surface area contributed by atoms with Crippen LogP contribution in [0.1, 0.15) is 31.9 Å². The van der Waals surface area contributed by atoms with Crippen molar-refractivity contribution in [3.63, 3.8) is 0 Å². The minimum absolute atomic E-state index is 0.201. The van der Waals surface area contributed by atoms with E-state index in [0.717, 1.165) is 38.4 Å². The maximum atomic E-state index is 11.8. The molecule has 0 spiro atoms. The molecule has 2 N–H and O–H groups in total. The van der Waals surface area contributed by atoms with E-state index in [0.29, 0.717) is 0 Å². The molecule has 0 unspecified atom stereocenters. The van der Waals surface area contributed by atoms with Crippen LogP contribution >= 0.6 is 0 Å². The zero-order chi connectivity index (χ0) is 19.2. The minimum Gasteiger partial charge on any atom is -0.480 e. The van der Waals surface area contributed by atoms with Crippen molar-refractivity contribution in [2.75, 3.05) is 26.3 Å². The topological polar surface area (TPSA) is 88.1 Å². The number of nitrogens with zero attached hydrogens (tertiary/aromatic N) is 1. The van der Waals surface area contributed by atoms with Crippen LogP contribution in [0.5, 0.6) is 0 Å². The van der Waals surface area contributed by atoms with Crippen LogP contribution < -0.4 is 5.32 Å². The van der Waals surface area contributed by atoms with Crippen molar-refractivity contribution in [3.8, 4) is 0 Å². The molecule has 0 saturated carbocycles. The van der Waals surface area contributed by atoms with Crippen molar-refractivity contribution in [3.05, 3.63) is 35.4 Å². The first-order valence-electron chi connectivity index (χ1n) is 8.83. The van der Waals surface area contributed by atoms with Gasteiger partial charge in [-0.1, -0.05) is 24.3 Å². The lowest BCUT2D eigenvalue weighted by Crippen LogP contribution is -2.44. The van der Waals surface area contributed by atoms with Crippen molar-refractivity contribution < 1.29 is 24.2 Å². The number of carboxylic acids is 1. The molecule has 1 aliphatic heterocycles. The van der Waals surface area contributed by atoms with Gasteiger partial charge in [-0.3, -0.25) is 4.90 Å². The van der Waals surface area contributed by atoms with Gasteiger partial charge < -0.3 is 19.9 Å². The van der Waals surface area contributed by atoms with Gasteiger partial charge in [0.25, 0.3) is 0 Å². The molecule has 1 aliphatic rings. The fourth-order valence-corrected chi connectivity index (χ4v) is 2.68. The zero-order valence-electron chi connectivity index (χ0n) is 15.7. The second-order valence-electron chi connectivity index (χ2n) is 7.45. The molecule has 144 valence electrons. The fourth-order valence-electron chi connectivity index (χ4n) is 2.68. The van der Waals surface area contributed by atoms with E-state index in [4.69, 9.17) is 9.47 Å². The van der Waals surface area contributed by atoms with Gasteiger partial charge in [0.05, 0.1) is 13.2 Å². The minimum atomic E-state index is -1.09. The molecular formula is C19H28N2O5. The highest BCUT2D eigenvalue weighted by Crippen LogP contribution is 2.12. The van der Waals surface area contributed by atoms with Crippen molar-refractivity contribution >= 4 is 12.1 Å². The monoisotopic (exact) mass is 364 g/mol. The Morgan fingerprint density at radius 1 is 1.19 bits per heavy atom. The molecule has 1 heterocycles. The van der Waals surface area contributed by atoms with Crippen LogP contribution in [0.15, 0.2) is 24.3 Å². The van der Waals surface area contributed by atoms with E-state index in [2.05, 4.69) is 10.2 Å². The van der Waals surface area contributed by atoms with Crippen molar-refractivity contribution in [1.82, 2.24) is 10.2 Å². The highest BCUT2D eigenvalue weighted by molar-refractivity contribution is 5.80. The number of hydrogen-bond donors (Lipinski definition) is 2. The molecular weight excluding hydrogens is 336 g/mol. The summed E-state index contributed by atoms with van der Waals surface area (Å²) in [6, 6.07) is 6.77. The second kappa shape index (κ2) is 9.00. The number of rotatable bonds is 6. The standard InChI is InChI=1S/C19H28N2O5/c1-19(2,3)26-18(24)20-16(17(22)23)12-14-4-6-15(7-5-14)13-21-8-10-25-11-9-21/h4-7,16H,8-13H2,1-3H3,(H,20,24)(H,22,23)/t16-/m0/s1. The summed E-state index contributed by atoms with van der Waals surface area (Å²) in [5.41, 5.74) is 1.34. The summed E-state index contributed by atoms with van der Waals surface area (Å²) < 4.78 is 10.5. The Hall–Kier alpha value is -2.12. The van der Waals surface area contributed by atoms with Crippen molar-refractivity contribution in [1.29, 1.82) is 0 Å². The summed E-state index contributed by atoms with van der Waals surface area (Å²) in [6.07, 6.45) is -0.527. The number of carbonyl (C=O) groups is 2. The number of hydrogen-bond acceptors (Lipinski definition) is 5. The van der Waals surface area contributed by atoms with E-state index in [1.165, 1.54) is 5.56 Å². The molecule has 1 saturated heterocycles. The Morgan fingerprint density at radius 3 is 2.31 bits per heavy atom. The Balaban J connectivity index is 1.91. The van der Waals surface area contributed by atoms with E-state index in [9.17, 15) is 14.7 Å². The third-order valence-electron chi connectivity index (χ3n) is 3.96. The maximum absolute atomic E-state index is 11.8. The summed E-state index contributed by atoms with van der Waals surface area (Å²) >= 11 is 0. The largest absolute Gasteiger partial charge is 0.480 e. The molecule has 2 rings (SSSR count). The van der Waals surface area contributed by atoms with E-state index >= 15 is 0 Å². The zero-order valence-corrected chi connectivity index (χ0v) is 15.7. The van der Waals surface area contributed by atoms with Crippen LogP contribution in [0, 0.1) is 0 Å². The normalized spacial score (nSPS) is 16.7. The SMILES string of the molecule is CC(C)(C)OC(=O)N[C@@H](Cc1ccc(CN2CCOCC2)cc1)C(=O)O. The third-order valence-corrected chi connectivity index (χ3v) is 3.96. The lowest BCUT2D eigenvalue weighted by atomic mass is 10.0. The molecule has 0 aliphatic carbocycles. The Kier molecular flexibility index (Phi) is 6.99. The van der Waals surface area contributed by atoms with Crippen LogP contribution in [-0.2, 0) is 27.2 Å². The number of nitrogens with one attached hydrogen (secondary N) is 1. The number of aliphatic carboxylic acids is 1. The number of carboxylic acid groups (broad SMARTS) is 1. The Labute approximate surface area is 154 Å². The molecule has 0 bridgehead atoms. The van der Waals surface area contributed by atoms with Gasteiger partial charge in [0, 0.05) is 26.1 Å². The molecule has 1 aromatic rings. The summed E-state index contributed by atoms with van der Waals surface area (Å²) in [7, 11) is 0. The van der Waals surface area contributed by atoms with Crippen molar-refractivity contribution in [2.24, 2.45) is 0 Å². The first-order valence-corrected chi connectivity index (χ1v) is 8.83. The number of ether oxygens (including phenoxy) is 2. The molecule has 0 radical (unpaired) electrons. The molecule has 26 heavy (non-hydrogen) atoms. The number of morpholine rings is 1. The van der Waals surface area contributed by atoms with Crippen LogP contribution in [0.2, 0.25) is 0 Å². The van der Waals surface area contributed by atoms with Gasteiger partial charge in [0.2, 0.25) is 0 Å². The highest BCUT2D eigenvalue weighted by Gasteiger charge is 2.24. The first kappa shape index (κ1) is 20.2. The number of amides is 1. The average Bonchev–Trinajstić information content (AvgIpc) is 2.55. The summed E-state index contributed by atoms with van der Waals surface area (Å²) in [4.78, 5) is 25.6. The fraction of sp³-hybridized carbons (Fsp3) is 0.579. The van der Waals surface area contributed by atoms with E-state index in [-0.39, 0.29) is 6.42 Å². The van der Waals surface area contributed by atoms with Crippen LogP contribution in [0.25, 0.3) is 0 Å². The summed E-state index contributed by atoms with van der Waals surface area (Å²) in [5, 5.41) is 11.8. The highest BCUT2D eigenvalue weighted by atomic mass is 16.6.